The smallest absolute Gasteiger partial charge is 0.0985 e. The molecule has 0 amide bonds. The third-order valence-corrected chi connectivity index (χ3v) is 3.53. The molecule has 0 aliphatic rings. The van der Waals surface area contributed by atoms with Gasteiger partial charge in [-0.15, -0.1) is 0 Å². The number of aliphatic hydroxyl groups is 1. The van der Waals surface area contributed by atoms with Crippen molar-refractivity contribution in [2.75, 3.05) is 0 Å². The number of aliphatic hydroxyl groups excluding tert-OH is 1. The molecule has 0 bridgehead atoms. The predicted octanol–water partition coefficient (Wildman–Crippen LogP) is 3.34. The van der Waals surface area contributed by atoms with Crippen LogP contribution < -0.4 is 0 Å². The molecule has 17 heavy (non-hydrogen) atoms. The van der Waals surface area contributed by atoms with E-state index in [4.69, 9.17) is 11.6 Å². The van der Waals surface area contributed by atoms with E-state index < -0.39 is 6.10 Å². The fourth-order valence-corrected chi connectivity index (χ4v) is 2.00. The van der Waals surface area contributed by atoms with Gasteiger partial charge in [-0.25, -0.2) is 0 Å². The number of nitrogens with zero attached hydrogens (tertiary/aromatic N) is 2. The van der Waals surface area contributed by atoms with Gasteiger partial charge in [-0.05, 0) is 40.5 Å². The fourth-order valence-electron chi connectivity index (χ4n) is 1.55. The molecule has 0 saturated carbocycles. The molecule has 0 aliphatic carbocycles. The normalized spacial score (nSPS) is 12.7. The second kappa shape index (κ2) is 5.21. The van der Waals surface area contributed by atoms with Crippen molar-refractivity contribution in [1.82, 2.24) is 9.78 Å². The Balaban J connectivity index is 2.11. The van der Waals surface area contributed by atoms with Crippen LogP contribution in [-0.4, -0.2) is 14.9 Å². The Hall–Kier alpha value is -0.840. The summed E-state index contributed by atoms with van der Waals surface area (Å²) in [5.41, 5.74) is 1.74. The van der Waals surface area contributed by atoms with E-state index >= 15 is 0 Å². The highest BCUT2D eigenvalue weighted by Gasteiger charge is 2.10. The van der Waals surface area contributed by atoms with Crippen LogP contribution in [0.4, 0.5) is 0 Å². The molecule has 1 aromatic heterocycles. The molecule has 90 valence electrons. The molecule has 1 N–H and O–H groups in total. The summed E-state index contributed by atoms with van der Waals surface area (Å²) in [7, 11) is 0. The lowest BCUT2D eigenvalue weighted by Gasteiger charge is -2.10. The van der Waals surface area contributed by atoms with Crippen LogP contribution in [0.25, 0.3) is 0 Å². The Bertz CT molecular complexity index is 490. The third kappa shape index (κ3) is 3.09. The molecule has 2 aromatic rings. The van der Waals surface area contributed by atoms with Crippen molar-refractivity contribution in [3.05, 3.63) is 51.2 Å². The van der Waals surface area contributed by atoms with Crippen LogP contribution in [0.5, 0.6) is 0 Å². The Morgan fingerprint density at radius 3 is 2.59 bits per heavy atom. The molecule has 0 saturated heterocycles. The number of aryl methyl sites for hydroxylation is 1. The monoisotopic (exact) mass is 314 g/mol. The van der Waals surface area contributed by atoms with Gasteiger partial charge in [-0.2, -0.15) is 5.10 Å². The zero-order valence-electron chi connectivity index (χ0n) is 9.27. The van der Waals surface area contributed by atoms with Gasteiger partial charge in [0.05, 0.1) is 22.8 Å². The number of halogens is 2. The largest absolute Gasteiger partial charge is 0.386 e. The molecule has 1 aromatic carbocycles. The van der Waals surface area contributed by atoms with E-state index in [0.717, 1.165) is 15.7 Å². The minimum Gasteiger partial charge on any atom is -0.386 e. The third-order valence-electron chi connectivity index (χ3n) is 2.50. The van der Waals surface area contributed by atoms with E-state index in [9.17, 15) is 5.11 Å². The van der Waals surface area contributed by atoms with E-state index in [1.54, 1.807) is 16.8 Å². The van der Waals surface area contributed by atoms with E-state index in [2.05, 4.69) is 21.0 Å². The molecule has 0 radical (unpaired) electrons. The van der Waals surface area contributed by atoms with Crippen molar-refractivity contribution in [2.24, 2.45) is 0 Å². The first-order valence-electron chi connectivity index (χ1n) is 5.19. The van der Waals surface area contributed by atoms with Gasteiger partial charge in [0.25, 0.3) is 0 Å². The average molecular weight is 316 g/mol. The van der Waals surface area contributed by atoms with Gasteiger partial charge >= 0.3 is 0 Å². The van der Waals surface area contributed by atoms with E-state index in [1.807, 2.05) is 25.3 Å². The van der Waals surface area contributed by atoms with Gasteiger partial charge < -0.3 is 5.11 Å². The molecule has 0 fully saturated rings. The van der Waals surface area contributed by atoms with Crippen molar-refractivity contribution in [2.45, 2.75) is 19.6 Å². The van der Waals surface area contributed by atoms with E-state index in [-0.39, 0.29) is 0 Å². The van der Waals surface area contributed by atoms with Crippen molar-refractivity contribution < 1.29 is 5.11 Å². The average Bonchev–Trinajstić information content (AvgIpc) is 2.58. The molecular formula is C12H12BrClN2O. The van der Waals surface area contributed by atoms with E-state index in [0.29, 0.717) is 11.6 Å². The number of aromatic nitrogens is 2. The molecule has 2 rings (SSSR count). The maximum absolute atomic E-state index is 10.0. The maximum atomic E-state index is 10.0. The summed E-state index contributed by atoms with van der Waals surface area (Å²) in [6.07, 6.45) is 1.27. The molecule has 3 nitrogen and oxygen atoms in total. The van der Waals surface area contributed by atoms with Crippen LogP contribution in [-0.2, 0) is 6.54 Å². The molecule has 0 aliphatic heterocycles. The topological polar surface area (TPSA) is 38.0 Å². The predicted molar refractivity (Wildman–Crippen MR) is 71.1 cm³/mol. The maximum Gasteiger partial charge on any atom is 0.0985 e. The fraction of sp³-hybridized carbons (Fsp3) is 0.250. The van der Waals surface area contributed by atoms with Crippen LogP contribution in [0.1, 0.15) is 17.4 Å². The van der Waals surface area contributed by atoms with Crippen LogP contribution in [0, 0.1) is 6.92 Å². The van der Waals surface area contributed by atoms with Crippen LogP contribution >= 0.6 is 27.5 Å². The zero-order valence-corrected chi connectivity index (χ0v) is 11.6. The van der Waals surface area contributed by atoms with Crippen LogP contribution in [0.15, 0.2) is 34.9 Å². The summed E-state index contributed by atoms with van der Waals surface area (Å²) < 4.78 is 2.67. The Morgan fingerprint density at radius 1 is 1.41 bits per heavy atom. The highest BCUT2D eigenvalue weighted by molar-refractivity contribution is 9.10. The lowest BCUT2D eigenvalue weighted by Crippen LogP contribution is -2.09. The van der Waals surface area contributed by atoms with Crippen molar-refractivity contribution >= 4 is 27.5 Å². The standard InChI is InChI=1S/C12H12BrClN2O/c1-8-11(13)6-16(15-8)7-12(17)9-2-4-10(14)5-3-9/h2-6,12,17H,7H2,1H3. The van der Waals surface area contributed by atoms with Crippen LogP contribution in [0.2, 0.25) is 5.02 Å². The summed E-state index contributed by atoms with van der Waals surface area (Å²) in [6.45, 7) is 2.34. The highest BCUT2D eigenvalue weighted by Crippen LogP contribution is 2.19. The summed E-state index contributed by atoms with van der Waals surface area (Å²) in [5.74, 6) is 0. The van der Waals surface area contributed by atoms with Gasteiger partial charge in [-0.1, -0.05) is 23.7 Å². The molecule has 0 spiro atoms. The van der Waals surface area contributed by atoms with Gasteiger partial charge in [0.15, 0.2) is 0 Å². The number of hydrogen-bond donors (Lipinski definition) is 1. The first-order chi connectivity index (χ1) is 8.06. The molecule has 1 atom stereocenters. The Kier molecular flexibility index (Phi) is 3.86. The van der Waals surface area contributed by atoms with Crippen molar-refractivity contribution in [3.63, 3.8) is 0 Å². The van der Waals surface area contributed by atoms with Crippen molar-refractivity contribution in [1.29, 1.82) is 0 Å². The summed E-state index contributed by atoms with van der Waals surface area (Å²) in [4.78, 5) is 0. The second-order valence-corrected chi connectivity index (χ2v) is 5.14. The number of hydrogen-bond acceptors (Lipinski definition) is 2. The first kappa shape index (κ1) is 12.6. The summed E-state index contributed by atoms with van der Waals surface area (Å²) in [5, 5.41) is 15.0. The zero-order chi connectivity index (χ0) is 12.4. The van der Waals surface area contributed by atoms with Crippen molar-refractivity contribution in [3.8, 4) is 0 Å². The highest BCUT2D eigenvalue weighted by atomic mass is 79.9. The summed E-state index contributed by atoms with van der Waals surface area (Å²) in [6, 6.07) is 7.17. The lowest BCUT2D eigenvalue weighted by atomic mass is 10.1. The van der Waals surface area contributed by atoms with E-state index in [1.165, 1.54) is 0 Å². The van der Waals surface area contributed by atoms with Gasteiger partial charge in [0.2, 0.25) is 0 Å². The van der Waals surface area contributed by atoms with Gasteiger partial charge in [0, 0.05) is 11.2 Å². The minimum atomic E-state index is -0.585. The number of rotatable bonds is 3. The molecular weight excluding hydrogens is 304 g/mol. The SMILES string of the molecule is Cc1nn(CC(O)c2ccc(Cl)cc2)cc1Br. The summed E-state index contributed by atoms with van der Waals surface area (Å²) >= 11 is 9.18. The number of benzene rings is 1. The molecule has 1 heterocycles. The Labute approximate surface area is 113 Å². The molecule has 1 unspecified atom stereocenters. The van der Waals surface area contributed by atoms with Gasteiger partial charge in [0.1, 0.15) is 0 Å². The minimum absolute atomic E-state index is 0.425. The van der Waals surface area contributed by atoms with Crippen LogP contribution in [0.3, 0.4) is 0 Å². The molecule has 5 heteroatoms. The Morgan fingerprint density at radius 2 is 2.06 bits per heavy atom. The first-order valence-corrected chi connectivity index (χ1v) is 6.36. The second-order valence-electron chi connectivity index (χ2n) is 3.85. The quantitative estimate of drug-likeness (QED) is 0.943. The lowest BCUT2D eigenvalue weighted by molar-refractivity contribution is 0.151. The van der Waals surface area contributed by atoms with Gasteiger partial charge in [-0.3, -0.25) is 4.68 Å².